The van der Waals surface area contributed by atoms with Crippen LogP contribution in [0.4, 0.5) is 0 Å². The molecule has 2 unspecified atom stereocenters. The van der Waals surface area contributed by atoms with Crippen molar-refractivity contribution >= 4 is 40.1 Å². The minimum atomic E-state index is -0.787. The van der Waals surface area contributed by atoms with Crippen LogP contribution >= 0.6 is 21.6 Å². The number of Topliss-reactive ketones (excluding diaryl/α,β-unsaturated/α-hetero) is 1. The molecule has 10 heteroatoms. The molecule has 0 heterocycles. The van der Waals surface area contributed by atoms with Crippen molar-refractivity contribution in [1.29, 1.82) is 0 Å². The SMILES string of the molecule is CNC([C-]=O)CSSC.O=[C-][NH+]=[W].[CH2-]C([NH-])C(C)=O.[Y]. The van der Waals surface area contributed by atoms with Gasteiger partial charge in [0.15, 0.2) is 0 Å². The molecule has 0 rings (SSSR count). The van der Waals surface area contributed by atoms with E-state index in [4.69, 9.17) is 10.5 Å². The van der Waals surface area contributed by atoms with Gasteiger partial charge in [0, 0.05) is 32.7 Å². The Morgan fingerprint density at radius 2 is 1.95 bits per heavy atom. The second-order valence-corrected chi connectivity index (χ2v) is 6.12. The average molecular weight is 565 g/mol. The minimum absolute atomic E-state index is 0. The zero-order valence-corrected chi connectivity index (χ0v) is 19.0. The summed E-state index contributed by atoms with van der Waals surface area (Å²) >= 11 is 1.03. The summed E-state index contributed by atoms with van der Waals surface area (Å²) in [7, 11) is 5.08. The molecule has 0 aromatic heterocycles. The molecule has 0 aromatic carbocycles. The molecule has 0 aromatic rings. The van der Waals surface area contributed by atoms with Gasteiger partial charge in [-0.15, -0.1) is 0 Å². The Kier molecular flexibility index (Phi) is 36.9. The molecule has 2 atom stereocenters. The Balaban J connectivity index is -0.000000102. The molecule has 0 aliphatic rings. The minimum Gasteiger partial charge on any atom is -0.695 e. The third kappa shape index (κ3) is 31.6. The van der Waals surface area contributed by atoms with Gasteiger partial charge in [0.05, 0.1) is 5.78 Å². The molecule has 3 N–H and O–H groups in total. The van der Waals surface area contributed by atoms with E-state index in [0.717, 1.165) is 25.4 Å². The van der Waals surface area contributed by atoms with E-state index in [1.807, 2.05) is 12.5 Å². The van der Waals surface area contributed by atoms with Crippen LogP contribution in [0.25, 0.3) is 5.73 Å². The van der Waals surface area contributed by atoms with Crippen molar-refractivity contribution in [2.24, 2.45) is 0 Å². The van der Waals surface area contributed by atoms with Gasteiger partial charge in [0.2, 0.25) is 0 Å². The number of carbonyl (C=O) groups is 1. The summed E-state index contributed by atoms with van der Waals surface area (Å²) in [5.74, 6) is 0.608. The van der Waals surface area contributed by atoms with Gasteiger partial charge in [-0.05, 0) is 26.0 Å². The molecule has 0 spiro atoms. The van der Waals surface area contributed by atoms with E-state index < -0.39 is 6.04 Å². The Morgan fingerprint density at radius 3 is 2.10 bits per heavy atom. The predicted octanol–water partition coefficient (Wildman–Crippen LogP) is -0.612. The smallest absolute Gasteiger partial charge is 0.0827 e. The van der Waals surface area contributed by atoms with Crippen LogP contribution in [0.15, 0.2) is 0 Å². The van der Waals surface area contributed by atoms with E-state index in [0.29, 0.717) is 0 Å². The number of nitrogens with one attached hydrogen (secondary N) is 3. The first-order valence-electron chi connectivity index (χ1n) is 4.90. The quantitative estimate of drug-likeness (QED) is 0.243. The standard InChI is InChI=1S/C5H10NOS2.C4H7NO.CHNO.W.Y/c1-6-5(3-7)4-9-8-2;1-3(5)4(2)6;2-1-3;;/h5-6H,4H2,1-2H3;3,5H,1H2,2H3;(H-,2,3);;/q-1;2*-2;+2;. The van der Waals surface area contributed by atoms with Gasteiger partial charge in [-0.25, -0.2) is 12.3 Å². The van der Waals surface area contributed by atoms with Crippen LogP contribution < -0.4 is 8.81 Å². The predicted molar refractivity (Wildman–Crippen MR) is 75.3 cm³/mol. The first-order valence-corrected chi connectivity index (χ1v) is 9.10. The Hall–Kier alpha value is 1.22. The Morgan fingerprint density at radius 1 is 1.55 bits per heavy atom. The van der Waals surface area contributed by atoms with E-state index in [1.165, 1.54) is 13.3 Å². The molecule has 0 saturated carbocycles. The first-order chi connectivity index (χ1) is 8.90. The third-order valence-electron chi connectivity index (χ3n) is 1.38. The summed E-state index contributed by atoms with van der Waals surface area (Å²) in [5, 5.41) is 2.83. The van der Waals surface area contributed by atoms with Crippen molar-refractivity contribution in [2.45, 2.75) is 19.0 Å². The number of likely N-dealkylation sites (N-methyl/N-ethyl adjacent to an activating group) is 1. The summed E-state index contributed by atoms with van der Waals surface area (Å²) in [6.45, 7) is 4.51. The molecule has 0 fully saturated rings. The molecule has 0 aliphatic carbocycles. The topological polar surface area (TPSA) is 101 Å². The summed E-state index contributed by atoms with van der Waals surface area (Å²) < 4.78 is 2.21. The van der Waals surface area contributed by atoms with Gasteiger partial charge in [0.1, 0.15) is 0 Å². The summed E-state index contributed by atoms with van der Waals surface area (Å²) in [4.78, 5) is 28.9. The van der Waals surface area contributed by atoms with E-state index in [2.05, 4.69) is 15.7 Å². The van der Waals surface area contributed by atoms with Gasteiger partial charge >= 0.3 is 34.3 Å². The number of amides is 1. The first kappa shape index (κ1) is 29.3. The summed E-state index contributed by atoms with van der Waals surface area (Å²) in [6, 6.07) is -0.896. The van der Waals surface area contributed by atoms with Gasteiger partial charge in [-0.3, -0.25) is 0 Å². The normalized spacial score (nSPS) is 11.1. The Bertz CT molecular complexity index is 256. The van der Waals surface area contributed by atoms with Crippen LogP contribution in [0.2, 0.25) is 0 Å². The molecular formula is C10H18N3O3S2WY-3. The molecule has 1 radical (unpaired) electrons. The van der Waals surface area contributed by atoms with Gasteiger partial charge in [-0.2, -0.15) is 0 Å². The third-order valence-corrected chi connectivity index (χ3v) is 3.50. The molecule has 0 aliphatic heterocycles. The molecular weight excluding hydrogens is 547 g/mol. The molecule has 20 heavy (non-hydrogen) atoms. The maximum Gasteiger partial charge on any atom is 0.0827 e. The second kappa shape index (κ2) is 25.2. The van der Waals surface area contributed by atoms with Crippen LogP contribution in [0.3, 0.4) is 0 Å². The van der Waals surface area contributed by atoms with Crippen LogP contribution in [0.5, 0.6) is 0 Å². The summed E-state index contributed by atoms with van der Waals surface area (Å²) in [6.07, 6.45) is 5.35. The van der Waals surface area contributed by atoms with Crippen LogP contribution in [-0.4, -0.2) is 49.6 Å². The fraction of sp³-hybridized carbons (Fsp3) is 0.600. The van der Waals surface area contributed by atoms with Crippen LogP contribution in [-0.2, 0) is 66.7 Å². The number of ketones is 1. The van der Waals surface area contributed by atoms with E-state index in [-0.39, 0.29) is 44.5 Å². The molecule has 0 saturated heterocycles. The van der Waals surface area contributed by atoms with E-state index >= 15 is 0 Å². The van der Waals surface area contributed by atoms with Gasteiger partial charge in [-0.1, -0.05) is 27.6 Å². The summed E-state index contributed by atoms with van der Waals surface area (Å²) in [5.41, 5.74) is 6.57. The van der Waals surface area contributed by atoms with Gasteiger partial charge < -0.3 is 27.6 Å². The monoisotopic (exact) mass is 565 g/mol. The second-order valence-electron chi connectivity index (χ2n) is 2.78. The van der Waals surface area contributed by atoms with E-state index in [9.17, 15) is 9.59 Å². The molecule has 6 nitrogen and oxygen atoms in total. The number of carbonyl (C=O) groups excluding carboxylic acids is 3. The largest absolute Gasteiger partial charge is 0.695 e. The molecule has 115 valence electrons. The van der Waals surface area contributed by atoms with Crippen molar-refractivity contribution < 1.29 is 70.2 Å². The van der Waals surface area contributed by atoms with E-state index in [1.54, 1.807) is 28.6 Å². The zero-order chi connectivity index (χ0) is 15.7. The van der Waals surface area contributed by atoms with Crippen molar-refractivity contribution in [3.8, 4) is 0 Å². The Labute approximate surface area is 164 Å². The fourth-order valence-corrected chi connectivity index (χ4v) is 1.64. The number of rotatable bonds is 7. The van der Waals surface area contributed by atoms with Crippen LogP contribution in [0.1, 0.15) is 6.92 Å². The van der Waals surface area contributed by atoms with Crippen molar-refractivity contribution in [1.82, 2.24) is 5.32 Å². The average Bonchev–Trinajstić information content (AvgIpc) is 2.41. The maximum absolute atomic E-state index is 10.0. The molecule has 0 bridgehead atoms. The van der Waals surface area contributed by atoms with Crippen LogP contribution in [0, 0.1) is 6.92 Å². The van der Waals surface area contributed by atoms with Crippen molar-refractivity contribution in [2.75, 3.05) is 19.1 Å². The zero-order valence-electron chi connectivity index (χ0n) is 11.6. The fourth-order valence-electron chi connectivity index (χ4n) is 0.312. The molecule has 1 amide bonds. The van der Waals surface area contributed by atoms with Crippen molar-refractivity contribution in [3.63, 3.8) is 0 Å². The number of hydrogen-bond acceptors (Lipinski definition) is 6. The maximum atomic E-state index is 10.0. The van der Waals surface area contributed by atoms with Gasteiger partial charge in [0.25, 0.3) is 0 Å². The number of hydrogen-bond donors (Lipinski definition) is 2. The van der Waals surface area contributed by atoms with Crippen molar-refractivity contribution in [3.05, 3.63) is 12.7 Å².